The number of benzene rings is 1. The van der Waals surface area contributed by atoms with Crippen molar-refractivity contribution < 1.29 is 32.6 Å². The molecule has 0 aliphatic carbocycles. The third kappa shape index (κ3) is 5.71. The van der Waals surface area contributed by atoms with Crippen LogP contribution < -0.4 is 14.8 Å². The summed E-state index contributed by atoms with van der Waals surface area (Å²) in [5.74, 6) is -1.01. The Labute approximate surface area is 146 Å². The van der Waals surface area contributed by atoms with Gasteiger partial charge in [-0.25, -0.2) is 0 Å². The summed E-state index contributed by atoms with van der Waals surface area (Å²) in [5.41, 5.74) is 0.524. The number of halogens is 2. The van der Waals surface area contributed by atoms with Crippen molar-refractivity contribution in [2.24, 2.45) is 0 Å². The monoisotopic (exact) mass is 371 g/mol. The summed E-state index contributed by atoms with van der Waals surface area (Å²) in [6, 6.07) is 7.56. The Bertz CT molecular complexity index is 721. The van der Waals surface area contributed by atoms with Crippen LogP contribution in [0.5, 0.6) is 11.5 Å². The van der Waals surface area contributed by atoms with Gasteiger partial charge in [-0.3, -0.25) is 9.59 Å². The number of esters is 1. The van der Waals surface area contributed by atoms with E-state index in [0.29, 0.717) is 10.4 Å². The van der Waals surface area contributed by atoms with E-state index >= 15 is 0 Å². The molecule has 1 heterocycles. The van der Waals surface area contributed by atoms with Crippen molar-refractivity contribution in [3.8, 4) is 11.5 Å². The summed E-state index contributed by atoms with van der Waals surface area (Å²) in [7, 11) is 1.31. The zero-order valence-corrected chi connectivity index (χ0v) is 14.0. The van der Waals surface area contributed by atoms with Crippen LogP contribution in [-0.4, -0.2) is 32.1 Å². The smallest absolute Gasteiger partial charge is 0.387 e. The molecule has 1 N–H and O–H groups in total. The van der Waals surface area contributed by atoms with E-state index in [1.54, 1.807) is 17.5 Å². The van der Waals surface area contributed by atoms with Gasteiger partial charge in [0.1, 0.15) is 13.2 Å². The van der Waals surface area contributed by atoms with Crippen LogP contribution >= 0.6 is 11.3 Å². The van der Waals surface area contributed by atoms with Crippen molar-refractivity contribution in [3.63, 3.8) is 0 Å². The second-order valence-electron chi connectivity index (χ2n) is 4.68. The van der Waals surface area contributed by atoms with Crippen molar-refractivity contribution >= 4 is 23.2 Å². The van der Waals surface area contributed by atoms with Crippen molar-refractivity contribution in [2.75, 3.05) is 13.7 Å². The molecule has 0 fully saturated rings. The Balaban J connectivity index is 1.83. The molecule has 1 aromatic carbocycles. The van der Waals surface area contributed by atoms with Crippen LogP contribution in [0, 0.1) is 0 Å². The van der Waals surface area contributed by atoms with Crippen molar-refractivity contribution in [1.82, 2.24) is 5.32 Å². The van der Waals surface area contributed by atoms with Crippen LogP contribution in [0.1, 0.15) is 15.2 Å². The molecule has 0 radical (unpaired) electrons. The molecule has 0 bridgehead atoms. The summed E-state index contributed by atoms with van der Waals surface area (Å²) in [6.45, 7) is -3.34. The van der Waals surface area contributed by atoms with E-state index in [4.69, 9.17) is 9.47 Å². The average molecular weight is 371 g/mol. The summed E-state index contributed by atoms with van der Waals surface area (Å²) in [6.07, 6.45) is 0. The molecule has 0 spiro atoms. The Hall–Kier alpha value is -2.68. The maximum absolute atomic E-state index is 12.3. The number of amides is 1. The number of thiophene rings is 1. The number of methoxy groups -OCH3 is 1. The predicted molar refractivity (Wildman–Crippen MR) is 86.1 cm³/mol. The fraction of sp³-hybridized carbons (Fsp3) is 0.250. The quantitative estimate of drug-likeness (QED) is 0.723. The molecule has 0 aliphatic rings. The fourth-order valence-corrected chi connectivity index (χ4v) is 2.50. The van der Waals surface area contributed by atoms with Gasteiger partial charge < -0.3 is 19.5 Å². The van der Waals surface area contributed by atoms with E-state index in [1.807, 2.05) is 0 Å². The lowest BCUT2D eigenvalue weighted by Gasteiger charge is -2.11. The van der Waals surface area contributed by atoms with E-state index in [-0.39, 0.29) is 30.6 Å². The minimum Gasteiger partial charge on any atom is -0.493 e. The summed E-state index contributed by atoms with van der Waals surface area (Å²) >= 11 is 1.26. The Kier molecular flexibility index (Phi) is 6.70. The largest absolute Gasteiger partial charge is 0.493 e. The Morgan fingerprint density at radius 1 is 1.24 bits per heavy atom. The first-order valence-electron chi connectivity index (χ1n) is 7.08. The Morgan fingerprint density at radius 3 is 2.68 bits per heavy atom. The van der Waals surface area contributed by atoms with Crippen LogP contribution in [0.15, 0.2) is 35.7 Å². The first kappa shape index (κ1) is 18.7. The third-order valence-corrected chi connectivity index (χ3v) is 3.85. The number of alkyl halides is 2. The normalized spacial score (nSPS) is 10.4. The number of nitrogens with one attached hydrogen (secondary N) is 1. The SMILES string of the molecule is COc1cc(COC(=O)CNC(=O)c2cccs2)ccc1OC(F)F. The molecule has 134 valence electrons. The summed E-state index contributed by atoms with van der Waals surface area (Å²) < 4.78 is 38.8. The number of ether oxygens (including phenoxy) is 3. The number of carbonyl (C=O) groups is 2. The number of hydrogen-bond acceptors (Lipinski definition) is 6. The van der Waals surface area contributed by atoms with Crippen LogP contribution in [0.3, 0.4) is 0 Å². The summed E-state index contributed by atoms with van der Waals surface area (Å²) in [5, 5.41) is 4.20. The van der Waals surface area contributed by atoms with Gasteiger partial charge in [-0.05, 0) is 29.1 Å². The molecule has 1 amide bonds. The number of rotatable bonds is 8. The van der Waals surface area contributed by atoms with Gasteiger partial charge in [0, 0.05) is 0 Å². The van der Waals surface area contributed by atoms with Crippen molar-refractivity contribution in [1.29, 1.82) is 0 Å². The molecule has 0 saturated heterocycles. The maximum atomic E-state index is 12.3. The third-order valence-electron chi connectivity index (χ3n) is 2.98. The molecule has 0 atom stereocenters. The lowest BCUT2D eigenvalue weighted by atomic mass is 10.2. The Morgan fingerprint density at radius 2 is 2.04 bits per heavy atom. The molecule has 0 saturated carbocycles. The van der Waals surface area contributed by atoms with Crippen LogP contribution in [0.25, 0.3) is 0 Å². The molecule has 1 aromatic heterocycles. The van der Waals surface area contributed by atoms with Gasteiger partial charge >= 0.3 is 12.6 Å². The van der Waals surface area contributed by atoms with Gasteiger partial charge in [0.15, 0.2) is 11.5 Å². The number of carbonyl (C=O) groups excluding carboxylic acids is 2. The highest BCUT2D eigenvalue weighted by atomic mass is 32.1. The van der Waals surface area contributed by atoms with Crippen LogP contribution in [-0.2, 0) is 16.1 Å². The molecule has 2 rings (SSSR count). The van der Waals surface area contributed by atoms with E-state index in [9.17, 15) is 18.4 Å². The highest BCUT2D eigenvalue weighted by molar-refractivity contribution is 7.12. The van der Waals surface area contributed by atoms with Gasteiger partial charge in [0.05, 0.1) is 12.0 Å². The van der Waals surface area contributed by atoms with Gasteiger partial charge in [0.2, 0.25) is 0 Å². The minimum absolute atomic E-state index is 0.0971. The lowest BCUT2D eigenvalue weighted by Crippen LogP contribution is -2.30. The van der Waals surface area contributed by atoms with Crippen molar-refractivity contribution in [3.05, 3.63) is 46.2 Å². The highest BCUT2D eigenvalue weighted by Gasteiger charge is 2.13. The van der Waals surface area contributed by atoms with Crippen LogP contribution in [0.4, 0.5) is 8.78 Å². The molecule has 6 nitrogen and oxygen atoms in total. The number of hydrogen-bond donors (Lipinski definition) is 1. The van der Waals surface area contributed by atoms with Gasteiger partial charge in [-0.1, -0.05) is 12.1 Å². The van der Waals surface area contributed by atoms with E-state index in [1.165, 1.54) is 36.6 Å². The van der Waals surface area contributed by atoms with Gasteiger partial charge in [0.25, 0.3) is 5.91 Å². The van der Waals surface area contributed by atoms with E-state index < -0.39 is 12.6 Å². The van der Waals surface area contributed by atoms with Gasteiger partial charge in [-0.2, -0.15) is 8.78 Å². The summed E-state index contributed by atoms with van der Waals surface area (Å²) in [4.78, 5) is 23.9. The van der Waals surface area contributed by atoms with E-state index in [2.05, 4.69) is 10.1 Å². The molecular weight excluding hydrogens is 356 g/mol. The predicted octanol–water partition coefficient (Wildman–Crippen LogP) is 2.83. The molecule has 0 unspecified atom stereocenters. The zero-order valence-electron chi connectivity index (χ0n) is 13.2. The average Bonchev–Trinajstić information content (AvgIpc) is 3.13. The first-order chi connectivity index (χ1) is 12.0. The highest BCUT2D eigenvalue weighted by Crippen LogP contribution is 2.29. The van der Waals surface area contributed by atoms with Gasteiger partial charge in [-0.15, -0.1) is 11.3 Å². The molecule has 2 aromatic rings. The van der Waals surface area contributed by atoms with E-state index in [0.717, 1.165) is 0 Å². The second-order valence-corrected chi connectivity index (χ2v) is 5.63. The second kappa shape index (κ2) is 8.97. The maximum Gasteiger partial charge on any atom is 0.387 e. The molecule has 9 heteroatoms. The molecular formula is C16H15F2NO5S. The molecule has 0 aliphatic heterocycles. The fourth-order valence-electron chi connectivity index (χ4n) is 1.86. The first-order valence-corrected chi connectivity index (χ1v) is 7.96. The van der Waals surface area contributed by atoms with Crippen LogP contribution in [0.2, 0.25) is 0 Å². The molecule has 25 heavy (non-hydrogen) atoms. The van der Waals surface area contributed by atoms with Crippen molar-refractivity contribution in [2.45, 2.75) is 13.2 Å². The lowest BCUT2D eigenvalue weighted by molar-refractivity contribution is -0.143. The standard InChI is InChI=1S/C16H15F2NO5S/c1-22-12-7-10(4-5-11(12)24-16(17)18)9-23-14(20)8-19-15(21)13-3-2-6-25-13/h2-7,16H,8-9H2,1H3,(H,19,21). The topological polar surface area (TPSA) is 73.9 Å². The zero-order chi connectivity index (χ0) is 18.2. The minimum atomic E-state index is -2.97.